The molecule has 9 aliphatic carbocycles. The summed E-state index contributed by atoms with van der Waals surface area (Å²) in [5.74, 6) is 5.73. The Morgan fingerprint density at radius 3 is 2.25 bits per heavy atom. The molecular weight excluding hydrogens is 735 g/mol. The average Bonchev–Trinajstić information content (AvgIpc) is 3.72. The van der Waals surface area contributed by atoms with Crippen LogP contribution in [0.1, 0.15) is 170 Å². The number of nitrogens with zero attached hydrogens (tertiary/aromatic N) is 1. The fraction of sp³-hybridized carbons (Fsp3) is 0.808. The SMILES string of the molecule is C#CC1(O)CCC2C3CCC4=Cc5oncc5CC4(C)C3CCC21C.CC1(C)CCC2(C(=O)O)C(O)CC3(C)C(=CCC4C5(C)CCC(O)C(C)(C)C5CCC43C)C2C1. The molecule has 7 saturated carbocycles. The molecule has 7 fully saturated rings. The first-order valence-corrected chi connectivity index (χ1v) is 23.6. The molecule has 10 rings (SSSR count). The standard InChI is InChI=1S/C30H48O4.C22H27NO2/c1-25(2)14-15-30(24(33)34)19(16-25)18-8-9-21-27(5)12-11-22(31)26(3,4)20(27)10-13-28(21,6)29(18,7)17-23(30)32;1-4-22(24)10-8-18-16-6-5-15-11-19-14(13-23-25-19)12-20(15,2)17(16)7-9-21(18,22)3/h8,19-23,31-32H,9-17H2,1-7H3,(H,33,34);1,11,13,16-18,24H,5-10,12H2,2-3H3. The third kappa shape index (κ3) is 5.36. The van der Waals surface area contributed by atoms with Crippen LogP contribution >= 0.6 is 0 Å². The van der Waals surface area contributed by atoms with E-state index in [0.717, 1.165) is 89.2 Å². The minimum atomic E-state index is -1.04. The molecule has 0 radical (unpaired) electrons. The lowest BCUT2D eigenvalue weighted by molar-refractivity contribution is -0.218. The number of aliphatic carboxylic acids is 1. The lowest BCUT2D eigenvalue weighted by atomic mass is 9.33. The number of aliphatic hydroxyl groups excluding tert-OH is 2. The number of carbonyl (C=O) groups is 1. The monoisotopic (exact) mass is 810 g/mol. The lowest BCUT2D eigenvalue weighted by Gasteiger charge is -2.71. The Kier molecular flexibility index (Phi) is 9.29. The summed E-state index contributed by atoms with van der Waals surface area (Å²) in [4.78, 5) is 12.8. The summed E-state index contributed by atoms with van der Waals surface area (Å²) in [6.07, 6.45) is 26.7. The zero-order chi connectivity index (χ0) is 42.6. The van der Waals surface area contributed by atoms with Gasteiger partial charge in [-0.05, 0) is 177 Å². The molecule has 15 atom stereocenters. The van der Waals surface area contributed by atoms with Gasteiger partial charge in [0.2, 0.25) is 0 Å². The summed E-state index contributed by atoms with van der Waals surface area (Å²) < 4.78 is 5.43. The van der Waals surface area contributed by atoms with Gasteiger partial charge in [0.1, 0.15) is 11.0 Å². The molecule has 0 bridgehead atoms. The third-order valence-corrected chi connectivity index (χ3v) is 21.7. The Bertz CT molecular complexity index is 2000. The van der Waals surface area contributed by atoms with Gasteiger partial charge < -0.3 is 24.9 Å². The maximum absolute atomic E-state index is 12.8. The van der Waals surface area contributed by atoms with Gasteiger partial charge in [0.25, 0.3) is 0 Å². The highest BCUT2D eigenvalue weighted by molar-refractivity contribution is 5.77. The Hall–Kier alpha value is -2.40. The first-order valence-electron chi connectivity index (χ1n) is 23.6. The number of allylic oxidation sites excluding steroid dienone is 3. The minimum Gasteiger partial charge on any atom is -0.481 e. The van der Waals surface area contributed by atoms with E-state index in [0.29, 0.717) is 42.4 Å². The van der Waals surface area contributed by atoms with Crippen molar-refractivity contribution in [1.29, 1.82) is 0 Å². The van der Waals surface area contributed by atoms with Gasteiger partial charge in [0, 0.05) is 11.0 Å². The number of terminal acetylenes is 1. The molecule has 0 spiro atoms. The van der Waals surface area contributed by atoms with Gasteiger partial charge in [-0.2, -0.15) is 0 Å². The number of aromatic nitrogens is 1. The van der Waals surface area contributed by atoms with Crippen molar-refractivity contribution in [3.05, 3.63) is 34.7 Å². The van der Waals surface area contributed by atoms with E-state index >= 15 is 0 Å². The van der Waals surface area contributed by atoms with Gasteiger partial charge in [0.15, 0.2) is 5.76 Å². The van der Waals surface area contributed by atoms with Crippen molar-refractivity contribution in [2.75, 3.05) is 0 Å². The number of fused-ring (bicyclic) bond motifs is 13. The van der Waals surface area contributed by atoms with Crippen LogP contribution in [0.15, 0.2) is 27.9 Å². The molecule has 1 aromatic heterocycles. The van der Waals surface area contributed by atoms with Gasteiger partial charge in [0.05, 0.1) is 18.4 Å². The van der Waals surface area contributed by atoms with Gasteiger partial charge in [-0.25, -0.2) is 0 Å². The van der Waals surface area contributed by atoms with Crippen LogP contribution in [0, 0.1) is 91.2 Å². The highest BCUT2D eigenvalue weighted by Gasteiger charge is 2.71. The van der Waals surface area contributed by atoms with Crippen molar-refractivity contribution in [3.63, 3.8) is 0 Å². The number of carboxylic acids is 1. The van der Waals surface area contributed by atoms with Crippen LogP contribution in [0.2, 0.25) is 0 Å². The smallest absolute Gasteiger partial charge is 0.312 e. The van der Waals surface area contributed by atoms with Crippen molar-refractivity contribution in [3.8, 4) is 12.3 Å². The summed E-state index contributed by atoms with van der Waals surface area (Å²) in [5.41, 5.74) is 2.29. The Balaban J connectivity index is 0.000000159. The Labute approximate surface area is 354 Å². The minimum absolute atomic E-state index is 0.0218. The van der Waals surface area contributed by atoms with Gasteiger partial charge in [-0.3, -0.25) is 4.79 Å². The van der Waals surface area contributed by atoms with Crippen LogP contribution in [-0.4, -0.2) is 49.4 Å². The molecule has 324 valence electrons. The maximum Gasteiger partial charge on any atom is 0.312 e. The summed E-state index contributed by atoms with van der Waals surface area (Å²) in [7, 11) is 0. The molecule has 9 aliphatic rings. The lowest BCUT2D eigenvalue weighted by Crippen LogP contribution is -2.67. The highest BCUT2D eigenvalue weighted by Crippen LogP contribution is 2.76. The summed E-state index contributed by atoms with van der Waals surface area (Å²) >= 11 is 0. The molecule has 15 unspecified atom stereocenters. The van der Waals surface area contributed by atoms with Crippen LogP contribution < -0.4 is 0 Å². The number of carboxylic acid groups (broad SMARTS) is 1. The first kappa shape index (κ1) is 41.9. The quantitative estimate of drug-likeness (QED) is 0.164. The van der Waals surface area contributed by atoms with Crippen molar-refractivity contribution in [2.45, 2.75) is 183 Å². The third-order valence-electron chi connectivity index (χ3n) is 21.7. The zero-order valence-electron chi connectivity index (χ0n) is 37.8. The first-order chi connectivity index (χ1) is 27.5. The molecule has 0 amide bonds. The molecule has 0 aromatic carbocycles. The van der Waals surface area contributed by atoms with E-state index in [1.54, 1.807) is 5.57 Å². The largest absolute Gasteiger partial charge is 0.481 e. The van der Waals surface area contributed by atoms with Gasteiger partial charge in [-0.15, -0.1) is 6.42 Å². The predicted molar refractivity (Wildman–Crippen MR) is 230 cm³/mol. The molecule has 7 nitrogen and oxygen atoms in total. The van der Waals surface area contributed by atoms with Crippen molar-refractivity contribution in [1.82, 2.24) is 5.16 Å². The van der Waals surface area contributed by atoms with Gasteiger partial charge in [-0.1, -0.05) is 90.6 Å². The van der Waals surface area contributed by atoms with Crippen LogP contribution in [0.4, 0.5) is 0 Å². The number of rotatable bonds is 1. The van der Waals surface area contributed by atoms with E-state index in [2.05, 4.69) is 85.5 Å². The van der Waals surface area contributed by atoms with Crippen molar-refractivity contribution in [2.24, 2.45) is 78.8 Å². The van der Waals surface area contributed by atoms with E-state index in [9.17, 15) is 25.2 Å². The van der Waals surface area contributed by atoms with E-state index in [4.69, 9.17) is 10.9 Å². The average molecular weight is 810 g/mol. The van der Waals surface area contributed by atoms with E-state index in [1.807, 2.05) is 6.20 Å². The number of hydrogen-bond acceptors (Lipinski definition) is 6. The van der Waals surface area contributed by atoms with Crippen LogP contribution in [0.5, 0.6) is 0 Å². The summed E-state index contributed by atoms with van der Waals surface area (Å²) in [6, 6.07) is 0. The normalized spacial score (nSPS) is 51.0. The molecule has 59 heavy (non-hydrogen) atoms. The van der Waals surface area contributed by atoms with Crippen LogP contribution in [-0.2, 0) is 11.2 Å². The number of hydrogen-bond donors (Lipinski definition) is 4. The molecule has 7 heteroatoms. The van der Waals surface area contributed by atoms with E-state index in [1.165, 1.54) is 17.6 Å². The fourth-order valence-electron chi connectivity index (χ4n) is 17.9. The van der Waals surface area contributed by atoms with Gasteiger partial charge >= 0.3 is 5.97 Å². The number of aliphatic hydroxyl groups is 3. The van der Waals surface area contributed by atoms with E-state index < -0.39 is 23.1 Å². The molecule has 1 aromatic rings. The Morgan fingerprint density at radius 2 is 1.54 bits per heavy atom. The highest BCUT2D eigenvalue weighted by atomic mass is 16.5. The van der Waals surface area contributed by atoms with Crippen LogP contribution in [0.25, 0.3) is 6.08 Å². The second kappa shape index (κ2) is 13.1. The summed E-state index contributed by atoms with van der Waals surface area (Å²) in [6.45, 7) is 21.1. The fourth-order valence-corrected chi connectivity index (χ4v) is 17.9. The zero-order valence-corrected chi connectivity index (χ0v) is 37.8. The molecule has 1 heterocycles. The van der Waals surface area contributed by atoms with Crippen molar-refractivity contribution >= 4 is 12.0 Å². The molecular formula is C52H75NO6. The van der Waals surface area contributed by atoms with Crippen molar-refractivity contribution < 1.29 is 29.7 Å². The topological polar surface area (TPSA) is 124 Å². The van der Waals surface area contributed by atoms with E-state index in [-0.39, 0.29) is 49.9 Å². The second-order valence-corrected chi connectivity index (χ2v) is 24.6. The predicted octanol–water partition coefficient (Wildman–Crippen LogP) is 10.4. The molecule has 0 saturated heterocycles. The maximum atomic E-state index is 12.8. The Morgan fingerprint density at radius 1 is 0.831 bits per heavy atom. The molecule has 0 aliphatic heterocycles. The second-order valence-electron chi connectivity index (χ2n) is 24.6. The molecule has 4 N–H and O–H groups in total. The van der Waals surface area contributed by atoms with Crippen LogP contribution in [0.3, 0.4) is 0 Å². The summed E-state index contributed by atoms with van der Waals surface area (Å²) in [5, 5.41) is 48.2.